The minimum atomic E-state index is -1.24. The monoisotopic (exact) mass is 405 g/mol. The van der Waals surface area contributed by atoms with E-state index in [1.165, 1.54) is 40.9 Å². The van der Waals surface area contributed by atoms with Gasteiger partial charge in [-0.2, -0.15) is 0 Å². The number of nitro benzene ring substituents is 1. The summed E-state index contributed by atoms with van der Waals surface area (Å²) in [6.45, 7) is 1.85. The fourth-order valence-electron chi connectivity index (χ4n) is 2.80. The van der Waals surface area contributed by atoms with Gasteiger partial charge in [0.2, 0.25) is 0 Å². The van der Waals surface area contributed by atoms with Gasteiger partial charge in [-0.05, 0) is 48.9 Å². The summed E-state index contributed by atoms with van der Waals surface area (Å²) in [7, 11) is 0. The van der Waals surface area contributed by atoms with Gasteiger partial charge < -0.3 is 5.32 Å². The summed E-state index contributed by atoms with van der Waals surface area (Å²) < 4.78 is 0. The van der Waals surface area contributed by atoms with Crippen molar-refractivity contribution in [3.05, 3.63) is 69.2 Å². The van der Waals surface area contributed by atoms with E-state index in [1.54, 1.807) is 19.1 Å². The molecule has 1 saturated heterocycles. The first kappa shape index (κ1) is 19.2. The Balaban J connectivity index is 1.68. The van der Waals surface area contributed by atoms with Crippen LogP contribution in [0.2, 0.25) is 5.02 Å². The summed E-state index contributed by atoms with van der Waals surface area (Å²) in [6.07, 6.45) is 0. The Labute approximate surface area is 164 Å². The summed E-state index contributed by atoms with van der Waals surface area (Å²) in [6, 6.07) is 12.5. The Morgan fingerprint density at radius 2 is 1.78 bits per heavy atom. The molecule has 1 fully saturated rings. The molecule has 7 nitrogen and oxygen atoms in total. The van der Waals surface area contributed by atoms with Gasteiger partial charge in [0.1, 0.15) is 5.54 Å². The van der Waals surface area contributed by atoms with Gasteiger partial charge in [-0.15, -0.1) is 11.8 Å². The van der Waals surface area contributed by atoms with E-state index in [1.807, 2.05) is 12.1 Å². The largest absolute Gasteiger partial charge is 0.325 e. The van der Waals surface area contributed by atoms with Crippen molar-refractivity contribution in [2.45, 2.75) is 17.4 Å². The lowest BCUT2D eigenvalue weighted by molar-refractivity contribution is -0.384. The number of halogens is 1. The minimum absolute atomic E-state index is 0.0738. The predicted molar refractivity (Wildman–Crippen MR) is 103 cm³/mol. The predicted octanol–water partition coefficient (Wildman–Crippen LogP) is 3.81. The molecule has 0 aromatic heterocycles. The maximum Gasteiger partial charge on any atom is 0.325 e. The number of imide groups is 1. The second kappa shape index (κ2) is 7.58. The normalized spacial score (nSPS) is 19.3. The van der Waals surface area contributed by atoms with Gasteiger partial charge in [-0.3, -0.25) is 19.8 Å². The van der Waals surface area contributed by atoms with Gasteiger partial charge in [0.15, 0.2) is 0 Å². The van der Waals surface area contributed by atoms with Gasteiger partial charge in [-0.25, -0.2) is 4.79 Å². The van der Waals surface area contributed by atoms with Crippen LogP contribution in [0.15, 0.2) is 53.4 Å². The molecule has 1 aliphatic heterocycles. The molecule has 3 rings (SSSR count). The van der Waals surface area contributed by atoms with E-state index in [-0.39, 0.29) is 18.1 Å². The summed E-state index contributed by atoms with van der Waals surface area (Å²) in [5, 5.41) is 14.1. The molecule has 2 aromatic carbocycles. The van der Waals surface area contributed by atoms with Gasteiger partial charge in [0.25, 0.3) is 11.6 Å². The van der Waals surface area contributed by atoms with Crippen molar-refractivity contribution in [2.75, 3.05) is 12.3 Å². The molecule has 0 unspecified atom stereocenters. The van der Waals surface area contributed by atoms with Gasteiger partial charge in [-0.1, -0.05) is 11.6 Å². The lowest BCUT2D eigenvalue weighted by Gasteiger charge is -2.22. The topological polar surface area (TPSA) is 92.6 Å². The van der Waals surface area contributed by atoms with E-state index in [2.05, 4.69) is 5.32 Å². The van der Waals surface area contributed by atoms with E-state index >= 15 is 0 Å². The first-order chi connectivity index (χ1) is 12.8. The standard InChI is InChI=1S/C18H16ClN3O4S/c1-18(12-2-6-14(7-3-12)22(25)26)16(23)21(17(24)20-18)10-11-27-15-8-4-13(19)5-9-15/h2-9H,10-11H2,1H3,(H,20,24)/t18-/m1/s1. The van der Waals surface area contributed by atoms with Crippen molar-refractivity contribution < 1.29 is 14.5 Å². The van der Waals surface area contributed by atoms with Gasteiger partial charge in [0, 0.05) is 34.3 Å². The third kappa shape index (κ3) is 3.91. The molecule has 9 heteroatoms. The van der Waals surface area contributed by atoms with E-state index in [0.717, 1.165) is 4.90 Å². The zero-order valence-electron chi connectivity index (χ0n) is 14.3. The maximum atomic E-state index is 12.8. The van der Waals surface area contributed by atoms with Crippen LogP contribution in [-0.2, 0) is 10.3 Å². The number of non-ortho nitro benzene ring substituents is 1. The Morgan fingerprint density at radius 3 is 2.37 bits per heavy atom. The highest BCUT2D eigenvalue weighted by Gasteiger charge is 2.48. The number of nitro groups is 1. The highest BCUT2D eigenvalue weighted by atomic mass is 35.5. The van der Waals surface area contributed by atoms with Crippen LogP contribution in [-0.4, -0.2) is 34.1 Å². The van der Waals surface area contributed by atoms with E-state index in [4.69, 9.17) is 11.6 Å². The van der Waals surface area contributed by atoms with Crippen molar-refractivity contribution in [2.24, 2.45) is 0 Å². The second-order valence-electron chi connectivity index (χ2n) is 6.12. The molecule has 1 heterocycles. The molecule has 0 radical (unpaired) electrons. The van der Waals surface area contributed by atoms with Gasteiger partial charge in [0.05, 0.1) is 4.92 Å². The molecule has 0 saturated carbocycles. The quantitative estimate of drug-likeness (QED) is 0.341. The van der Waals surface area contributed by atoms with Crippen molar-refractivity contribution in [1.29, 1.82) is 0 Å². The molecular weight excluding hydrogens is 390 g/mol. The fraction of sp³-hybridized carbons (Fsp3) is 0.222. The number of nitrogens with zero attached hydrogens (tertiary/aromatic N) is 2. The van der Waals surface area contributed by atoms with E-state index < -0.39 is 16.5 Å². The van der Waals surface area contributed by atoms with Crippen LogP contribution in [0.4, 0.5) is 10.5 Å². The average molecular weight is 406 g/mol. The van der Waals surface area contributed by atoms with E-state index in [0.29, 0.717) is 16.3 Å². The molecule has 1 atom stereocenters. The summed E-state index contributed by atoms with van der Waals surface area (Å²) in [5.74, 6) is 0.162. The van der Waals surface area contributed by atoms with Crippen LogP contribution in [0.1, 0.15) is 12.5 Å². The summed E-state index contributed by atoms with van der Waals surface area (Å²) in [4.78, 5) is 37.6. The number of rotatable bonds is 6. The number of hydrogen-bond acceptors (Lipinski definition) is 5. The Hall–Kier alpha value is -2.58. The number of carbonyl (C=O) groups excluding carboxylic acids is 2. The number of urea groups is 1. The number of benzene rings is 2. The van der Waals surface area contributed by atoms with Crippen LogP contribution in [0, 0.1) is 10.1 Å². The second-order valence-corrected chi connectivity index (χ2v) is 7.72. The number of thioether (sulfide) groups is 1. The fourth-order valence-corrected chi connectivity index (χ4v) is 3.76. The molecule has 0 bridgehead atoms. The smallest absolute Gasteiger partial charge is 0.319 e. The van der Waals surface area contributed by atoms with Crippen molar-refractivity contribution in [3.8, 4) is 0 Å². The van der Waals surface area contributed by atoms with Crippen molar-refractivity contribution in [1.82, 2.24) is 10.2 Å². The number of carbonyl (C=O) groups is 2. The third-order valence-electron chi connectivity index (χ3n) is 4.33. The number of amides is 3. The zero-order valence-corrected chi connectivity index (χ0v) is 15.9. The Bertz CT molecular complexity index is 888. The Kier molecular flexibility index (Phi) is 5.38. The molecule has 0 spiro atoms. The molecule has 140 valence electrons. The number of hydrogen-bond donors (Lipinski definition) is 1. The third-order valence-corrected chi connectivity index (χ3v) is 5.57. The molecule has 1 aliphatic rings. The Morgan fingerprint density at radius 1 is 1.15 bits per heavy atom. The number of nitrogens with one attached hydrogen (secondary N) is 1. The molecule has 1 N–H and O–H groups in total. The lowest BCUT2D eigenvalue weighted by Crippen LogP contribution is -2.41. The SMILES string of the molecule is C[C@]1(c2ccc([N+](=O)[O-])cc2)NC(=O)N(CCSc2ccc(Cl)cc2)C1=O. The van der Waals surface area contributed by atoms with Crippen molar-refractivity contribution >= 4 is 41.0 Å². The molecule has 2 aromatic rings. The van der Waals surface area contributed by atoms with Crippen molar-refractivity contribution in [3.63, 3.8) is 0 Å². The van der Waals surface area contributed by atoms with Crippen LogP contribution < -0.4 is 5.32 Å². The first-order valence-corrected chi connectivity index (χ1v) is 9.45. The molecular formula is C18H16ClN3O4S. The van der Waals surface area contributed by atoms with Crippen LogP contribution in [0.25, 0.3) is 0 Å². The molecule has 0 aliphatic carbocycles. The van der Waals surface area contributed by atoms with Crippen LogP contribution in [0.5, 0.6) is 0 Å². The molecule has 27 heavy (non-hydrogen) atoms. The highest BCUT2D eigenvalue weighted by Crippen LogP contribution is 2.30. The zero-order chi connectivity index (χ0) is 19.6. The first-order valence-electron chi connectivity index (χ1n) is 8.08. The van der Waals surface area contributed by atoms with Gasteiger partial charge >= 0.3 is 6.03 Å². The highest BCUT2D eigenvalue weighted by molar-refractivity contribution is 7.99. The molecule has 3 amide bonds. The summed E-state index contributed by atoms with van der Waals surface area (Å²) in [5.41, 5.74) is -0.813. The lowest BCUT2D eigenvalue weighted by atomic mass is 9.92. The van der Waals surface area contributed by atoms with Crippen LogP contribution >= 0.6 is 23.4 Å². The minimum Gasteiger partial charge on any atom is -0.319 e. The summed E-state index contributed by atoms with van der Waals surface area (Å²) >= 11 is 7.37. The average Bonchev–Trinajstić information content (AvgIpc) is 2.87. The maximum absolute atomic E-state index is 12.8. The van der Waals surface area contributed by atoms with Crippen LogP contribution in [0.3, 0.4) is 0 Å². The van der Waals surface area contributed by atoms with E-state index in [9.17, 15) is 19.7 Å².